The molecular formula is C19H20F2N6O. The Morgan fingerprint density at radius 1 is 1.21 bits per heavy atom. The maximum Gasteiger partial charge on any atom is 0.254 e. The van der Waals surface area contributed by atoms with Gasteiger partial charge in [-0.3, -0.25) is 9.48 Å². The van der Waals surface area contributed by atoms with E-state index in [0.29, 0.717) is 34.7 Å². The number of hydrogen-bond donors (Lipinski definition) is 1. The summed E-state index contributed by atoms with van der Waals surface area (Å²) in [6.07, 6.45) is 6.32. The lowest BCUT2D eigenvalue weighted by Gasteiger charge is -2.33. The van der Waals surface area contributed by atoms with Gasteiger partial charge in [-0.25, -0.2) is 18.7 Å². The molecule has 1 saturated heterocycles. The van der Waals surface area contributed by atoms with Crippen LogP contribution >= 0.6 is 0 Å². The number of carbonyl (C=O) groups excluding carboxylic acids is 1. The Morgan fingerprint density at radius 2 is 1.96 bits per heavy atom. The number of hydrogen-bond acceptors (Lipinski definition) is 5. The van der Waals surface area contributed by atoms with Crippen molar-refractivity contribution in [1.29, 1.82) is 0 Å². The first kappa shape index (κ1) is 18.3. The Balaban J connectivity index is 1.38. The fourth-order valence-corrected chi connectivity index (χ4v) is 3.52. The van der Waals surface area contributed by atoms with Crippen LogP contribution < -0.4 is 10.2 Å². The molecule has 9 heteroatoms. The molecule has 0 bridgehead atoms. The number of piperidine rings is 1. The van der Waals surface area contributed by atoms with Gasteiger partial charge in [0.05, 0.1) is 17.3 Å². The maximum absolute atomic E-state index is 13.7. The van der Waals surface area contributed by atoms with E-state index >= 15 is 0 Å². The number of aromatic nitrogens is 4. The lowest BCUT2D eigenvalue weighted by Crippen LogP contribution is -2.39. The second-order valence-electron chi connectivity index (χ2n) is 7.02. The molecule has 1 amide bonds. The molecule has 1 N–H and O–H groups in total. The zero-order chi connectivity index (χ0) is 19.7. The van der Waals surface area contributed by atoms with Gasteiger partial charge in [0, 0.05) is 44.3 Å². The van der Waals surface area contributed by atoms with Crippen LogP contribution in [0.1, 0.15) is 23.2 Å². The van der Waals surface area contributed by atoms with E-state index in [1.54, 1.807) is 24.1 Å². The van der Waals surface area contributed by atoms with E-state index in [0.717, 1.165) is 38.1 Å². The zero-order valence-electron chi connectivity index (χ0n) is 15.4. The van der Waals surface area contributed by atoms with Crippen LogP contribution in [0.3, 0.4) is 0 Å². The highest BCUT2D eigenvalue weighted by Crippen LogP contribution is 2.28. The van der Waals surface area contributed by atoms with Gasteiger partial charge in [0.1, 0.15) is 12.1 Å². The van der Waals surface area contributed by atoms with Crippen LogP contribution in [-0.2, 0) is 7.05 Å². The average Bonchev–Trinajstić information content (AvgIpc) is 3.13. The van der Waals surface area contributed by atoms with Gasteiger partial charge in [0.2, 0.25) is 0 Å². The first-order valence-electron chi connectivity index (χ1n) is 9.13. The predicted molar refractivity (Wildman–Crippen MR) is 99.9 cm³/mol. The first-order valence-corrected chi connectivity index (χ1v) is 9.13. The smallest absolute Gasteiger partial charge is 0.254 e. The molecule has 1 aliphatic rings. The third kappa shape index (κ3) is 3.64. The molecule has 0 atom stereocenters. The summed E-state index contributed by atoms with van der Waals surface area (Å²) in [6.45, 7) is 2.03. The summed E-state index contributed by atoms with van der Waals surface area (Å²) < 4.78 is 28.7. The Morgan fingerprint density at radius 3 is 2.68 bits per heavy atom. The average molecular weight is 386 g/mol. The Kier molecular flexibility index (Phi) is 4.89. The van der Waals surface area contributed by atoms with Crippen LogP contribution in [0.5, 0.6) is 0 Å². The highest BCUT2D eigenvalue weighted by molar-refractivity contribution is 5.93. The molecule has 7 nitrogen and oxygen atoms in total. The number of amides is 1. The molecule has 4 rings (SSSR count). The molecule has 28 heavy (non-hydrogen) atoms. The summed E-state index contributed by atoms with van der Waals surface area (Å²) in [4.78, 5) is 22.5. The van der Waals surface area contributed by atoms with Crippen molar-refractivity contribution in [2.75, 3.05) is 24.5 Å². The fraction of sp³-hybridized carbons (Fsp3) is 0.368. The number of fused-ring (bicyclic) bond motifs is 1. The molecule has 3 aromatic rings. The predicted octanol–water partition coefficient (Wildman–Crippen LogP) is 2.29. The number of nitrogens with zero attached hydrogens (tertiary/aromatic N) is 5. The summed E-state index contributed by atoms with van der Waals surface area (Å²) in [5.74, 6) is -0.993. The van der Waals surface area contributed by atoms with Gasteiger partial charge < -0.3 is 10.2 Å². The minimum absolute atomic E-state index is 0.130. The quantitative estimate of drug-likeness (QED) is 0.745. The van der Waals surface area contributed by atoms with Gasteiger partial charge in [-0.2, -0.15) is 5.10 Å². The number of aryl methyl sites for hydroxylation is 1. The Bertz CT molecular complexity index is 1010. The SMILES string of the molecule is Cn1cc(C(=O)NCC2CCN(c3ncnc4cc(F)c(F)cc34)CC2)cn1. The van der Waals surface area contributed by atoms with Crippen molar-refractivity contribution in [2.24, 2.45) is 13.0 Å². The minimum atomic E-state index is -0.916. The third-order valence-corrected chi connectivity index (χ3v) is 5.09. The summed E-state index contributed by atoms with van der Waals surface area (Å²) in [7, 11) is 1.77. The van der Waals surface area contributed by atoms with Crippen LogP contribution in [0, 0.1) is 17.6 Å². The zero-order valence-corrected chi connectivity index (χ0v) is 15.4. The minimum Gasteiger partial charge on any atom is -0.356 e. The molecular weight excluding hydrogens is 366 g/mol. The number of rotatable bonds is 4. The van der Waals surface area contributed by atoms with Crippen molar-refractivity contribution in [3.63, 3.8) is 0 Å². The van der Waals surface area contributed by atoms with E-state index < -0.39 is 11.6 Å². The molecule has 0 aliphatic carbocycles. The third-order valence-electron chi connectivity index (χ3n) is 5.09. The topological polar surface area (TPSA) is 75.9 Å². The van der Waals surface area contributed by atoms with Crippen molar-refractivity contribution in [1.82, 2.24) is 25.1 Å². The van der Waals surface area contributed by atoms with E-state index in [1.165, 1.54) is 6.33 Å². The molecule has 1 aliphatic heterocycles. The molecule has 0 radical (unpaired) electrons. The lowest BCUT2D eigenvalue weighted by atomic mass is 9.96. The van der Waals surface area contributed by atoms with Crippen LogP contribution in [0.2, 0.25) is 0 Å². The van der Waals surface area contributed by atoms with E-state index in [4.69, 9.17) is 0 Å². The molecule has 2 aromatic heterocycles. The Hall–Kier alpha value is -3.10. The highest BCUT2D eigenvalue weighted by atomic mass is 19.2. The summed E-state index contributed by atoms with van der Waals surface area (Å²) >= 11 is 0. The molecule has 1 aromatic carbocycles. The van der Waals surface area contributed by atoms with Crippen molar-refractivity contribution in [3.8, 4) is 0 Å². The van der Waals surface area contributed by atoms with Gasteiger partial charge in [-0.05, 0) is 24.8 Å². The summed E-state index contributed by atoms with van der Waals surface area (Å²) in [5.41, 5.74) is 0.927. The number of nitrogens with one attached hydrogen (secondary N) is 1. The largest absolute Gasteiger partial charge is 0.356 e. The molecule has 146 valence electrons. The number of halogens is 2. The first-order chi connectivity index (χ1) is 13.5. The maximum atomic E-state index is 13.7. The van der Waals surface area contributed by atoms with Crippen LogP contribution in [0.15, 0.2) is 30.9 Å². The highest BCUT2D eigenvalue weighted by Gasteiger charge is 2.23. The van der Waals surface area contributed by atoms with Gasteiger partial charge in [-0.15, -0.1) is 0 Å². The second kappa shape index (κ2) is 7.49. The normalized spacial score (nSPS) is 15.2. The number of benzene rings is 1. The molecule has 1 fully saturated rings. The van der Waals surface area contributed by atoms with Crippen LogP contribution in [-0.4, -0.2) is 45.3 Å². The van der Waals surface area contributed by atoms with Crippen molar-refractivity contribution < 1.29 is 13.6 Å². The summed E-state index contributed by atoms with van der Waals surface area (Å²) in [5, 5.41) is 7.46. The van der Waals surface area contributed by atoms with Crippen LogP contribution in [0.25, 0.3) is 10.9 Å². The van der Waals surface area contributed by atoms with Gasteiger partial charge >= 0.3 is 0 Å². The number of carbonyl (C=O) groups is 1. The molecule has 0 spiro atoms. The second-order valence-corrected chi connectivity index (χ2v) is 7.02. The molecule has 0 saturated carbocycles. The van der Waals surface area contributed by atoms with Gasteiger partial charge in [0.15, 0.2) is 11.6 Å². The van der Waals surface area contributed by atoms with Crippen molar-refractivity contribution in [3.05, 3.63) is 48.1 Å². The molecule has 0 unspecified atom stereocenters. The number of anilines is 1. The monoisotopic (exact) mass is 386 g/mol. The Labute approximate surface area is 160 Å². The van der Waals surface area contributed by atoms with Crippen LogP contribution in [0.4, 0.5) is 14.6 Å². The van der Waals surface area contributed by atoms with E-state index in [-0.39, 0.29) is 5.91 Å². The van der Waals surface area contributed by atoms with Gasteiger partial charge in [0.25, 0.3) is 5.91 Å². The fourth-order valence-electron chi connectivity index (χ4n) is 3.52. The van der Waals surface area contributed by atoms with Gasteiger partial charge in [-0.1, -0.05) is 0 Å². The standard InChI is InChI=1S/C19H20F2N6O/c1-26-10-13(9-25-26)19(28)22-8-12-2-4-27(5-3-12)18-14-6-15(20)16(21)7-17(14)23-11-24-18/h6-7,9-12H,2-5,8H2,1H3,(H,22,28). The van der Waals surface area contributed by atoms with Crippen molar-refractivity contribution >= 4 is 22.6 Å². The van der Waals surface area contributed by atoms with E-state index in [9.17, 15) is 13.6 Å². The van der Waals surface area contributed by atoms with E-state index in [1.807, 2.05) is 0 Å². The lowest BCUT2D eigenvalue weighted by molar-refractivity contribution is 0.0945. The van der Waals surface area contributed by atoms with Crippen molar-refractivity contribution in [2.45, 2.75) is 12.8 Å². The summed E-state index contributed by atoms with van der Waals surface area (Å²) in [6, 6.07) is 2.25. The van der Waals surface area contributed by atoms with E-state index in [2.05, 4.69) is 25.3 Å². The molecule has 3 heterocycles.